The topological polar surface area (TPSA) is 50.5 Å². The SMILES string of the molecule is CCCN1CCOC(C(NN)C2CCCC(CC)C2)C1. The molecule has 2 fully saturated rings. The van der Waals surface area contributed by atoms with Crippen LogP contribution in [0.2, 0.25) is 0 Å². The zero-order chi connectivity index (χ0) is 14.4. The summed E-state index contributed by atoms with van der Waals surface area (Å²) < 4.78 is 6.05. The van der Waals surface area contributed by atoms with Crippen molar-refractivity contribution < 1.29 is 4.74 Å². The third-order valence-electron chi connectivity index (χ3n) is 5.22. The van der Waals surface area contributed by atoms with Crippen molar-refractivity contribution in [1.29, 1.82) is 0 Å². The van der Waals surface area contributed by atoms with Gasteiger partial charge in [-0.1, -0.05) is 33.1 Å². The summed E-state index contributed by atoms with van der Waals surface area (Å²) in [5.74, 6) is 7.47. The highest BCUT2D eigenvalue weighted by atomic mass is 16.5. The Bertz CT molecular complexity index is 272. The van der Waals surface area contributed by atoms with E-state index in [2.05, 4.69) is 24.2 Å². The van der Waals surface area contributed by atoms with Crippen molar-refractivity contribution in [2.24, 2.45) is 17.7 Å². The molecule has 3 N–H and O–H groups in total. The van der Waals surface area contributed by atoms with Gasteiger partial charge in [0, 0.05) is 13.1 Å². The van der Waals surface area contributed by atoms with Gasteiger partial charge in [-0.15, -0.1) is 0 Å². The lowest BCUT2D eigenvalue weighted by Gasteiger charge is -2.42. The molecule has 0 amide bonds. The van der Waals surface area contributed by atoms with Crippen molar-refractivity contribution in [3.8, 4) is 0 Å². The van der Waals surface area contributed by atoms with Gasteiger partial charge in [-0.05, 0) is 37.6 Å². The Balaban J connectivity index is 1.92. The second kappa shape index (κ2) is 8.32. The van der Waals surface area contributed by atoms with Crippen molar-refractivity contribution >= 4 is 0 Å². The normalized spacial score (nSPS) is 34.0. The highest BCUT2D eigenvalue weighted by molar-refractivity contribution is 4.89. The zero-order valence-corrected chi connectivity index (χ0v) is 13.3. The maximum Gasteiger partial charge on any atom is 0.0871 e. The van der Waals surface area contributed by atoms with Gasteiger partial charge in [-0.25, -0.2) is 0 Å². The fourth-order valence-electron chi connectivity index (χ4n) is 4.04. The molecule has 0 aromatic carbocycles. The number of ether oxygens (including phenoxy) is 1. The lowest BCUT2D eigenvalue weighted by Crippen LogP contribution is -2.57. The molecule has 4 unspecified atom stereocenters. The van der Waals surface area contributed by atoms with Crippen LogP contribution in [0.25, 0.3) is 0 Å². The van der Waals surface area contributed by atoms with E-state index in [9.17, 15) is 0 Å². The predicted molar refractivity (Wildman–Crippen MR) is 83.3 cm³/mol. The summed E-state index contributed by atoms with van der Waals surface area (Å²) in [5.41, 5.74) is 3.10. The van der Waals surface area contributed by atoms with Gasteiger partial charge >= 0.3 is 0 Å². The van der Waals surface area contributed by atoms with E-state index in [0.717, 1.165) is 25.6 Å². The first-order chi connectivity index (χ1) is 9.78. The summed E-state index contributed by atoms with van der Waals surface area (Å²) in [5, 5.41) is 0. The summed E-state index contributed by atoms with van der Waals surface area (Å²) in [6.45, 7) is 8.71. The van der Waals surface area contributed by atoms with E-state index in [4.69, 9.17) is 10.6 Å². The highest BCUT2D eigenvalue weighted by Crippen LogP contribution is 2.34. The van der Waals surface area contributed by atoms with Gasteiger partial charge < -0.3 is 4.74 Å². The van der Waals surface area contributed by atoms with Crippen molar-refractivity contribution in [2.45, 2.75) is 64.5 Å². The standard InChI is InChI=1S/C16H33N3O/c1-3-8-19-9-10-20-15(12-19)16(18-17)14-7-5-6-13(4-2)11-14/h13-16,18H,3-12,17H2,1-2H3. The van der Waals surface area contributed by atoms with Crippen molar-refractivity contribution in [2.75, 3.05) is 26.2 Å². The lowest BCUT2D eigenvalue weighted by molar-refractivity contribution is -0.0611. The molecule has 1 saturated carbocycles. The summed E-state index contributed by atoms with van der Waals surface area (Å²) >= 11 is 0. The van der Waals surface area contributed by atoms with Crippen LogP contribution in [0.3, 0.4) is 0 Å². The first-order valence-electron chi connectivity index (χ1n) is 8.58. The number of hydrazine groups is 1. The maximum absolute atomic E-state index is 6.05. The molecule has 1 aliphatic heterocycles. The van der Waals surface area contributed by atoms with Crippen LogP contribution in [0.5, 0.6) is 0 Å². The van der Waals surface area contributed by atoms with E-state index in [0.29, 0.717) is 12.0 Å². The molecule has 0 radical (unpaired) electrons. The minimum absolute atomic E-state index is 0.265. The van der Waals surface area contributed by atoms with Gasteiger partial charge in [0.15, 0.2) is 0 Å². The Morgan fingerprint density at radius 3 is 2.90 bits per heavy atom. The number of hydrogen-bond donors (Lipinski definition) is 2. The Kier molecular flexibility index (Phi) is 6.75. The fourth-order valence-corrected chi connectivity index (χ4v) is 4.04. The quantitative estimate of drug-likeness (QED) is 0.579. The van der Waals surface area contributed by atoms with E-state index < -0.39 is 0 Å². The molecule has 0 aromatic rings. The van der Waals surface area contributed by atoms with Gasteiger partial charge in [0.1, 0.15) is 0 Å². The van der Waals surface area contributed by atoms with Gasteiger partial charge in [-0.2, -0.15) is 0 Å². The van der Waals surface area contributed by atoms with Crippen LogP contribution in [0.15, 0.2) is 0 Å². The minimum Gasteiger partial charge on any atom is -0.374 e. The van der Waals surface area contributed by atoms with Crippen LogP contribution in [0.1, 0.15) is 52.4 Å². The number of nitrogens with one attached hydrogen (secondary N) is 1. The molecule has 118 valence electrons. The first kappa shape index (κ1) is 16.2. The lowest BCUT2D eigenvalue weighted by atomic mass is 9.75. The number of hydrogen-bond acceptors (Lipinski definition) is 4. The molecule has 1 saturated heterocycles. The smallest absolute Gasteiger partial charge is 0.0871 e. The molecule has 2 rings (SSSR count). The summed E-state index contributed by atoms with van der Waals surface area (Å²) in [7, 11) is 0. The largest absolute Gasteiger partial charge is 0.374 e. The summed E-state index contributed by atoms with van der Waals surface area (Å²) in [6.07, 6.45) is 8.17. The summed E-state index contributed by atoms with van der Waals surface area (Å²) in [4.78, 5) is 2.53. The average molecular weight is 283 g/mol. The fraction of sp³-hybridized carbons (Fsp3) is 1.00. The molecule has 4 nitrogen and oxygen atoms in total. The number of nitrogens with zero attached hydrogens (tertiary/aromatic N) is 1. The molecule has 0 spiro atoms. The van der Waals surface area contributed by atoms with Crippen LogP contribution in [0, 0.1) is 11.8 Å². The molecular weight excluding hydrogens is 250 g/mol. The molecule has 2 aliphatic rings. The Morgan fingerprint density at radius 1 is 1.35 bits per heavy atom. The Morgan fingerprint density at radius 2 is 2.20 bits per heavy atom. The molecular formula is C16H33N3O. The monoisotopic (exact) mass is 283 g/mol. The molecule has 4 atom stereocenters. The third-order valence-corrected chi connectivity index (χ3v) is 5.22. The number of morpholine rings is 1. The zero-order valence-electron chi connectivity index (χ0n) is 13.3. The van der Waals surface area contributed by atoms with Gasteiger partial charge in [0.2, 0.25) is 0 Å². The Labute approximate surface area is 124 Å². The van der Waals surface area contributed by atoms with Gasteiger partial charge in [0.05, 0.1) is 18.8 Å². The van der Waals surface area contributed by atoms with E-state index in [1.54, 1.807) is 0 Å². The van der Waals surface area contributed by atoms with Crippen molar-refractivity contribution in [1.82, 2.24) is 10.3 Å². The molecule has 4 heteroatoms. The second-order valence-corrected chi connectivity index (χ2v) is 6.60. The Hall–Kier alpha value is -0.160. The molecule has 20 heavy (non-hydrogen) atoms. The van der Waals surface area contributed by atoms with Crippen LogP contribution in [-0.4, -0.2) is 43.3 Å². The van der Waals surface area contributed by atoms with Gasteiger partial charge in [0.25, 0.3) is 0 Å². The van der Waals surface area contributed by atoms with E-state index in [-0.39, 0.29) is 6.10 Å². The highest BCUT2D eigenvalue weighted by Gasteiger charge is 2.35. The third kappa shape index (κ3) is 4.17. The predicted octanol–water partition coefficient (Wildman–Crippen LogP) is 2.15. The number of rotatable bonds is 6. The van der Waals surface area contributed by atoms with Crippen molar-refractivity contribution in [3.05, 3.63) is 0 Å². The van der Waals surface area contributed by atoms with E-state index in [1.807, 2.05) is 0 Å². The first-order valence-corrected chi connectivity index (χ1v) is 8.58. The molecule has 0 bridgehead atoms. The van der Waals surface area contributed by atoms with Crippen LogP contribution < -0.4 is 11.3 Å². The van der Waals surface area contributed by atoms with Gasteiger partial charge in [-0.3, -0.25) is 16.2 Å². The molecule has 0 aromatic heterocycles. The van der Waals surface area contributed by atoms with Crippen LogP contribution in [0.4, 0.5) is 0 Å². The minimum atomic E-state index is 0.265. The van der Waals surface area contributed by atoms with Crippen molar-refractivity contribution in [3.63, 3.8) is 0 Å². The van der Waals surface area contributed by atoms with Crippen LogP contribution >= 0.6 is 0 Å². The molecule has 1 heterocycles. The average Bonchev–Trinajstić information content (AvgIpc) is 2.49. The maximum atomic E-state index is 6.05. The van der Waals surface area contributed by atoms with Crippen LogP contribution in [-0.2, 0) is 4.74 Å². The van der Waals surface area contributed by atoms with E-state index in [1.165, 1.54) is 45.1 Å². The molecule has 1 aliphatic carbocycles. The van der Waals surface area contributed by atoms with E-state index >= 15 is 0 Å². The number of nitrogens with two attached hydrogens (primary N) is 1. The summed E-state index contributed by atoms with van der Waals surface area (Å²) in [6, 6.07) is 0.323. The second-order valence-electron chi connectivity index (χ2n) is 6.60.